The summed E-state index contributed by atoms with van der Waals surface area (Å²) in [6.07, 6.45) is 6.00. The lowest BCUT2D eigenvalue weighted by Gasteiger charge is -2.30. The second-order valence-electron chi connectivity index (χ2n) is 5.30. The van der Waals surface area contributed by atoms with Crippen LogP contribution >= 0.6 is 11.8 Å². The molecular weight excluding hydrogens is 284 g/mol. The van der Waals surface area contributed by atoms with Crippen molar-refractivity contribution in [2.24, 2.45) is 5.92 Å². The summed E-state index contributed by atoms with van der Waals surface area (Å²) in [7, 11) is 0. The van der Waals surface area contributed by atoms with Gasteiger partial charge in [-0.1, -0.05) is 18.7 Å². The van der Waals surface area contributed by atoms with Gasteiger partial charge >= 0.3 is 0 Å². The summed E-state index contributed by atoms with van der Waals surface area (Å²) >= 11 is 1.68. The van der Waals surface area contributed by atoms with Crippen molar-refractivity contribution in [3.8, 4) is 11.5 Å². The summed E-state index contributed by atoms with van der Waals surface area (Å²) in [5.74, 6) is 2.39. The van der Waals surface area contributed by atoms with E-state index in [1.807, 2.05) is 12.1 Å². The highest BCUT2D eigenvalue weighted by Gasteiger charge is 2.19. The Bertz CT molecular complexity index is 552. The highest BCUT2D eigenvalue weighted by Crippen LogP contribution is 2.27. The van der Waals surface area contributed by atoms with Crippen LogP contribution in [-0.2, 0) is 0 Å². The zero-order chi connectivity index (χ0) is 14.5. The number of hydrogen-bond donors (Lipinski definition) is 0. The van der Waals surface area contributed by atoms with Crippen LogP contribution in [0.5, 0.6) is 0 Å². The molecule has 3 rings (SSSR count). The van der Waals surface area contributed by atoms with E-state index in [-0.39, 0.29) is 0 Å². The summed E-state index contributed by atoms with van der Waals surface area (Å²) in [6, 6.07) is 3.75. The Kier molecular flexibility index (Phi) is 4.87. The third-order valence-electron chi connectivity index (χ3n) is 3.93. The van der Waals surface area contributed by atoms with Crippen LogP contribution in [0.2, 0.25) is 0 Å². The third kappa shape index (κ3) is 3.83. The number of hydrogen-bond acceptors (Lipinski definition) is 6. The average molecular weight is 304 g/mol. The fourth-order valence-corrected chi connectivity index (χ4v) is 3.49. The lowest BCUT2D eigenvalue weighted by molar-refractivity contribution is 0.203. The maximum atomic E-state index is 5.71. The molecule has 0 atom stereocenters. The molecule has 0 aliphatic carbocycles. The third-order valence-corrected chi connectivity index (χ3v) is 4.98. The largest absolute Gasteiger partial charge is 0.411 e. The van der Waals surface area contributed by atoms with Gasteiger partial charge in [-0.2, -0.15) is 0 Å². The number of pyridine rings is 1. The van der Waals surface area contributed by atoms with Gasteiger partial charge in [-0.15, -0.1) is 10.2 Å². The molecule has 1 fully saturated rings. The van der Waals surface area contributed by atoms with Gasteiger partial charge in [-0.25, -0.2) is 0 Å². The molecule has 0 bridgehead atoms. The van der Waals surface area contributed by atoms with Crippen molar-refractivity contribution in [1.29, 1.82) is 0 Å². The van der Waals surface area contributed by atoms with E-state index >= 15 is 0 Å². The van der Waals surface area contributed by atoms with Crippen LogP contribution in [0, 0.1) is 5.92 Å². The predicted molar refractivity (Wildman–Crippen MR) is 83.1 cm³/mol. The molecule has 0 radical (unpaired) electrons. The minimum Gasteiger partial charge on any atom is -0.411 e. The highest BCUT2D eigenvalue weighted by molar-refractivity contribution is 7.99. The molecule has 0 saturated carbocycles. The van der Waals surface area contributed by atoms with Crippen molar-refractivity contribution < 1.29 is 4.42 Å². The van der Waals surface area contributed by atoms with Gasteiger partial charge < -0.3 is 9.32 Å². The summed E-state index contributed by atoms with van der Waals surface area (Å²) in [4.78, 5) is 6.50. The van der Waals surface area contributed by atoms with Crippen molar-refractivity contribution >= 4 is 11.8 Å². The molecule has 0 amide bonds. The lowest BCUT2D eigenvalue weighted by Crippen LogP contribution is -2.34. The maximum absolute atomic E-state index is 5.71. The second-order valence-corrected chi connectivity index (χ2v) is 6.27. The van der Waals surface area contributed by atoms with Gasteiger partial charge in [0.1, 0.15) is 0 Å². The Morgan fingerprint density at radius 1 is 1.24 bits per heavy atom. The maximum Gasteiger partial charge on any atom is 0.276 e. The van der Waals surface area contributed by atoms with Gasteiger partial charge in [0.2, 0.25) is 5.89 Å². The number of piperidine rings is 1. The molecule has 0 N–H and O–H groups in total. The Hall–Kier alpha value is -1.40. The molecule has 6 heteroatoms. The van der Waals surface area contributed by atoms with E-state index in [1.54, 1.807) is 24.2 Å². The molecular formula is C15H20N4OS. The van der Waals surface area contributed by atoms with Crippen molar-refractivity contribution in [2.75, 3.05) is 25.4 Å². The first kappa shape index (κ1) is 14.5. The minimum absolute atomic E-state index is 0.570. The minimum atomic E-state index is 0.570. The second kappa shape index (κ2) is 7.04. The first-order valence-electron chi connectivity index (χ1n) is 7.44. The van der Waals surface area contributed by atoms with Crippen LogP contribution < -0.4 is 0 Å². The van der Waals surface area contributed by atoms with Gasteiger partial charge in [-0.05, 0) is 50.5 Å². The molecule has 1 saturated heterocycles. The number of rotatable bonds is 5. The van der Waals surface area contributed by atoms with Crippen LogP contribution in [0.1, 0.15) is 19.8 Å². The SMILES string of the molecule is CCN1CCC(CSc2nnc(-c3ccncc3)o2)CC1. The van der Waals surface area contributed by atoms with Crippen LogP contribution in [0.4, 0.5) is 0 Å². The van der Waals surface area contributed by atoms with E-state index < -0.39 is 0 Å². The summed E-state index contributed by atoms with van der Waals surface area (Å²) in [6.45, 7) is 5.83. The molecule has 0 unspecified atom stereocenters. The van der Waals surface area contributed by atoms with E-state index in [9.17, 15) is 0 Å². The first-order valence-corrected chi connectivity index (χ1v) is 8.42. The normalized spacial score (nSPS) is 17.2. The fourth-order valence-electron chi connectivity index (χ4n) is 2.54. The lowest BCUT2D eigenvalue weighted by atomic mass is 9.99. The van der Waals surface area contributed by atoms with E-state index in [4.69, 9.17) is 4.42 Å². The van der Waals surface area contributed by atoms with E-state index in [0.717, 1.165) is 17.2 Å². The van der Waals surface area contributed by atoms with E-state index in [1.165, 1.54) is 32.5 Å². The number of nitrogens with zero attached hydrogens (tertiary/aromatic N) is 4. The van der Waals surface area contributed by atoms with Crippen LogP contribution in [0.3, 0.4) is 0 Å². The molecule has 2 aromatic rings. The smallest absolute Gasteiger partial charge is 0.276 e. The van der Waals surface area contributed by atoms with Gasteiger partial charge in [0, 0.05) is 23.7 Å². The van der Waals surface area contributed by atoms with Crippen molar-refractivity contribution in [2.45, 2.75) is 25.0 Å². The Balaban J connectivity index is 1.52. The van der Waals surface area contributed by atoms with Crippen molar-refractivity contribution in [3.05, 3.63) is 24.5 Å². The monoisotopic (exact) mass is 304 g/mol. The number of thioether (sulfide) groups is 1. The molecule has 5 nitrogen and oxygen atoms in total. The molecule has 2 aromatic heterocycles. The quantitative estimate of drug-likeness (QED) is 0.792. The van der Waals surface area contributed by atoms with Gasteiger partial charge in [0.25, 0.3) is 5.22 Å². The average Bonchev–Trinajstić information content (AvgIpc) is 3.03. The Labute approximate surface area is 129 Å². The molecule has 3 heterocycles. The molecule has 112 valence electrons. The zero-order valence-electron chi connectivity index (χ0n) is 12.2. The molecule has 0 aromatic carbocycles. The summed E-state index contributed by atoms with van der Waals surface area (Å²) in [5.41, 5.74) is 0.917. The highest BCUT2D eigenvalue weighted by atomic mass is 32.2. The standard InChI is InChI=1S/C15H20N4OS/c1-2-19-9-5-12(6-10-19)11-21-15-18-17-14(20-15)13-3-7-16-8-4-13/h3-4,7-8,12H,2,5-6,9-11H2,1H3. The van der Waals surface area contributed by atoms with Crippen molar-refractivity contribution in [3.63, 3.8) is 0 Å². The predicted octanol–water partition coefficient (Wildman–Crippen LogP) is 2.96. The first-order chi connectivity index (χ1) is 10.3. The van der Waals surface area contributed by atoms with E-state index in [0.29, 0.717) is 11.1 Å². The van der Waals surface area contributed by atoms with Crippen LogP contribution in [0.15, 0.2) is 34.2 Å². The molecule has 1 aliphatic rings. The molecule has 0 spiro atoms. The van der Waals surface area contributed by atoms with Crippen LogP contribution in [-0.4, -0.2) is 45.5 Å². The Morgan fingerprint density at radius 2 is 2.00 bits per heavy atom. The molecule has 21 heavy (non-hydrogen) atoms. The van der Waals surface area contributed by atoms with Gasteiger partial charge in [-0.3, -0.25) is 4.98 Å². The van der Waals surface area contributed by atoms with Gasteiger partial charge in [0.05, 0.1) is 0 Å². The Morgan fingerprint density at radius 3 is 2.71 bits per heavy atom. The summed E-state index contributed by atoms with van der Waals surface area (Å²) in [5, 5.41) is 8.89. The summed E-state index contributed by atoms with van der Waals surface area (Å²) < 4.78 is 5.71. The van der Waals surface area contributed by atoms with E-state index in [2.05, 4.69) is 27.0 Å². The topological polar surface area (TPSA) is 55.1 Å². The van der Waals surface area contributed by atoms with Gasteiger partial charge in [0.15, 0.2) is 0 Å². The number of likely N-dealkylation sites (tertiary alicyclic amines) is 1. The van der Waals surface area contributed by atoms with Crippen molar-refractivity contribution in [1.82, 2.24) is 20.1 Å². The zero-order valence-corrected chi connectivity index (χ0v) is 13.1. The number of aromatic nitrogens is 3. The van der Waals surface area contributed by atoms with Crippen LogP contribution in [0.25, 0.3) is 11.5 Å². The molecule has 1 aliphatic heterocycles. The fraction of sp³-hybridized carbons (Fsp3) is 0.533.